The highest BCUT2D eigenvalue weighted by Crippen LogP contribution is 2.29. The second-order valence-electron chi connectivity index (χ2n) is 4.62. The van der Waals surface area contributed by atoms with Crippen molar-refractivity contribution in [3.8, 4) is 5.75 Å². The maximum Gasteiger partial charge on any atom is 0.136 e. The molecular formula is C14H15BrN2O2. The van der Waals surface area contributed by atoms with E-state index in [-0.39, 0.29) is 11.8 Å². The van der Waals surface area contributed by atoms with Crippen LogP contribution < -0.4 is 4.90 Å². The van der Waals surface area contributed by atoms with E-state index in [1.165, 1.54) is 0 Å². The zero-order valence-corrected chi connectivity index (χ0v) is 12.0. The molecule has 0 aliphatic carbocycles. The smallest absolute Gasteiger partial charge is 0.136 e. The molecule has 1 atom stereocenters. The van der Waals surface area contributed by atoms with Gasteiger partial charge in [0, 0.05) is 23.5 Å². The summed E-state index contributed by atoms with van der Waals surface area (Å²) in [5.41, 5.74) is 0. The van der Waals surface area contributed by atoms with Gasteiger partial charge in [-0.2, -0.15) is 0 Å². The number of ether oxygens (including phenoxy) is 1. The number of aromatic hydroxyl groups is 1. The Bertz CT molecular complexity index is 591. The third-order valence-electron chi connectivity index (χ3n) is 3.41. The molecule has 1 saturated heterocycles. The van der Waals surface area contributed by atoms with E-state index < -0.39 is 0 Å². The molecule has 1 fully saturated rings. The Hall–Kier alpha value is -1.33. The molecule has 1 aliphatic heterocycles. The lowest BCUT2D eigenvalue weighted by atomic mass is 10.1. The molecule has 1 aromatic carbocycles. The molecule has 4 nitrogen and oxygen atoms in total. The van der Waals surface area contributed by atoms with E-state index >= 15 is 0 Å². The van der Waals surface area contributed by atoms with Crippen LogP contribution in [-0.2, 0) is 4.74 Å². The topological polar surface area (TPSA) is 45.6 Å². The lowest BCUT2D eigenvalue weighted by Crippen LogP contribution is -2.47. The van der Waals surface area contributed by atoms with Crippen LogP contribution in [0.2, 0.25) is 0 Å². The summed E-state index contributed by atoms with van der Waals surface area (Å²) < 4.78 is 5.51. The molecule has 1 aliphatic rings. The molecule has 3 rings (SSSR count). The average Bonchev–Trinajstić information content (AvgIpc) is 2.46. The zero-order valence-electron chi connectivity index (χ0n) is 10.4. The molecule has 2 aromatic rings. The van der Waals surface area contributed by atoms with E-state index in [1.807, 2.05) is 18.3 Å². The van der Waals surface area contributed by atoms with Crippen LogP contribution in [0.15, 0.2) is 30.5 Å². The number of phenols is 1. The first-order valence-electron chi connectivity index (χ1n) is 6.27. The van der Waals surface area contributed by atoms with Gasteiger partial charge in [-0.3, -0.25) is 0 Å². The quantitative estimate of drug-likeness (QED) is 0.863. The molecule has 19 heavy (non-hydrogen) atoms. The average molecular weight is 323 g/mol. The van der Waals surface area contributed by atoms with Crippen molar-refractivity contribution in [1.29, 1.82) is 0 Å². The number of rotatable bonds is 2. The highest BCUT2D eigenvalue weighted by molar-refractivity contribution is 9.09. The van der Waals surface area contributed by atoms with Gasteiger partial charge in [0.05, 0.1) is 19.3 Å². The zero-order chi connectivity index (χ0) is 13.2. The Labute approximate surface area is 120 Å². The fraction of sp³-hybridized carbons (Fsp3) is 0.357. The van der Waals surface area contributed by atoms with Crippen molar-refractivity contribution in [2.45, 2.75) is 6.04 Å². The first kappa shape index (κ1) is 12.7. The summed E-state index contributed by atoms with van der Waals surface area (Å²) in [6.07, 6.45) is 1.81. The fourth-order valence-electron chi connectivity index (χ4n) is 2.43. The molecule has 0 saturated carbocycles. The molecule has 0 bridgehead atoms. The van der Waals surface area contributed by atoms with Crippen LogP contribution in [0.4, 0.5) is 5.82 Å². The molecule has 0 radical (unpaired) electrons. The third kappa shape index (κ3) is 2.40. The largest absolute Gasteiger partial charge is 0.508 e. The van der Waals surface area contributed by atoms with Crippen LogP contribution in [0.25, 0.3) is 10.8 Å². The molecule has 1 aromatic heterocycles. The van der Waals surface area contributed by atoms with Gasteiger partial charge in [0.25, 0.3) is 0 Å². The van der Waals surface area contributed by atoms with Gasteiger partial charge in [-0.1, -0.05) is 22.0 Å². The summed E-state index contributed by atoms with van der Waals surface area (Å²) in [5, 5.41) is 12.6. The SMILES string of the molecule is Oc1ccc2ccnc(N3CCOCC3CBr)c2c1. The van der Waals surface area contributed by atoms with E-state index in [0.29, 0.717) is 13.2 Å². The molecule has 2 heterocycles. The third-order valence-corrected chi connectivity index (χ3v) is 4.15. The highest BCUT2D eigenvalue weighted by atomic mass is 79.9. The Kier molecular flexibility index (Phi) is 3.57. The number of halogens is 1. The summed E-state index contributed by atoms with van der Waals surface area (Å²) >= 11 is 3.53. The Balaban J connectivity index is 2.10. The number of hydrogen-bond acceptors (Lipinski definition) is 4. The highest BCUT2D eigenvalue weighted by Gasteiger charge is 2.24. The number of fused-ring (bicyclic) bond motifs is 1. The van der Waals surface area contributed by atoms with Crippen LogP contribution in [0, 0.1) is 0 Å². The summed E-state index contributed by atoms with van der Waals surface area (Å²) in [4.78, 5) is 6.76. The molecular weight excluding hydrogens is 308 g/mol. The minimum absolute atomic E-state index is 0.269. The van der Waals surface area contributed by atoms with Crippen LogP contribution in [0.1, 0.15) is 0 Å². The van der Waals surface area contributed by atoms with Crippen LogP contribution >= 0.6 is 15.9 Å². The van der Waals surface area contributed by atoms with Gasteiger partial charge in [0.1, 0.15) is 11.6 Å². The Morgan fingerprint density at radius 3 is 3.16 bits per heavy atom. The van der Waals surface area contributed by atoms with Crippen LogP contribution in [0.5, 0.6) is 5.75 Å². The number of pyridine rings is 1. The van der Waals surface area contributed by atoms with Crippen LogP contribution in [0.3, 0.4) is 0 Å². The van der Waals surface area contributed by atoms with Crippen LogP contribution in [-0.4, -0.2) is 41.2 Å². The van der Waals surface area contributed by atoms with Gasteiger partial charge in [0.15, 0.2) is 0 Å². The Morgan fingerprint density at radius 2 is 2.32 bits per heavy atom. The summed E-state index contributed by atoms with van der Waals surface area (Å²) in [6, 6.07) is 7.63. The molecule has 5 heteroatoms. The number of benzene rings is 1. The molecule has 1 N–H and O–H groups in total. The number of aromatic nitrogens is 1. The Morgan fingerprint density at radius 1 is 1.42 bits per heavy atom. The number of alkyl halides is 1. The first-order valence-corrected chi connectivity index (χ1v) is 7.40. The lowest BCUT2D eigenvalue weighted by Gasteiger charge is -2.36. The van der Waals surface area contributed by atoms with Gasteiger partial charge in [-0.25, -0.2) is 4.98 Å². The number of anilines is 1. The van der Waals surface area contributed by atoms with E-state index in [2.05, 4.69) is 25.8 Å². The number of morpholine rings is 1. The molecule has 1 unspecified atom stereocenters. The van der Waals surface area contributed by atoms with Crippen molar-refractivity contribution in [3.05, 3.63) is 30.5 Å². The van der Waals surface area contributed by atoms with E-state index in [4.69, 9.17) is 4.74 Å². The predicted molar refractivity (Wildman–Crippen MR) is 79.2 cm³/mol. The molecule has 100 valence electrons. The monoisotopic (exact) mass is 322 g/mol. The normalized spacial score (nSPS) is 19.8. The van der Waals surface area contributed by atoms with Crippen molar-refractivity contribution in [1.82, 2.24) is 4.98 Å². The summed E-state index contributed by atoms with van der Waals surface area (Å²) in [7, 11) is 0. The summed E-state index contributed by atoms with van der Waals surface area (Å²) in [5.74, 6) is 1.19. The van der Waals surface area contributed by atoms with E-state index in [1.54, 1.807) is 12.1 Å². The van der Waals surface area contributed by atoms with Crippen molar-refractivity contribution in [3.63, 3.8) is 0 Å². The van der Waals surface area contributed by atoms with Crippen molar-refractivity contribution < 1.29 is 9.84 Å². The van der Waals surface area contributed by atoms with Gasteiger partial charge in [-0.15, -0.1) is 0 Å². The molecule has 0 amide bonds. The second kappa shape index (κ2) is 5.35. The maximum atomic E-state index is 9.70. The standard InChI is InChI=1S/C14H15BrN2O2/c15-8-11-9-19-6-5-17(11)14-13-7-12(18)2-1-10(13)3-4-16-14/h1-4,7,11,18H,5-6,8-9H2. The van der Waals surface area contributed by atoms with Gasteiger partial charge in [-0.05, 0) is 23.6 Å². The first-order chi connectivity index (χ1) is 9.29. The number of hydrogen-bond donors (Lipinski definition) is 1. The van der Waals surface area contributed by atoms with Gasteiger partial charge >= 0.3 is 0 Å². The van der Waals surface area contributed by atoms with Crippen molar-refractivity contribution >= 4 is 32.5 Å². The minimum atomic E-state index is 0.269. The maximum absolute atomic E-state index is 9.70. The van der Waals surface area contributed by atoms with E-state index in [0.717, 1.165) is 28.5 Å². The van der Waals surface area contributed by atoms with E-state index in [9.17, 15) is 5.11 Å². The summed E-state index contributed by atoms with van der Waals surface area (Å²) in [6.45, 7) is 2.22. The molecule has 0 spiro atoms. The number of nitrogens with zero attached hydrogens (tertiary/aromatic N) is 2. The second-order valence-corrected chi connectivity index (χ2v) is 5.26. The fourth-order valence-corrected chi connectivity index (χ4v) is 2.97. The number of phenolic OH excluding ortho intramolecular Hbond substituents is 1. The van der Waals surface area contributed by atoms with Gasteiger partial charge in [0.2, 0.25) is 0 Å². The minimum Gasteiger partial charge on any atom is -0.508 e. The van der Waals surface area contributed by atoms with Crippen molar-refractivity contribution in [2.75, 3.05) is 30.0 Å². The van der Waals surface area contributed by atoms with Gasteiger partial charge < -0.3 is 14.7 Å². The lowest BCUT2D eigenvalue weighted by molar-refractivity contribution is 0.100. The van der Waals surface area contributed by atoms with Crippen molar-refractivity contribution in [2.24, 2.45) is 0 Å². The predicted octanol–water partition coefficient (Wildman–Crippen LogP) is 2.54.